The number of nitrogens with zero attached hydrogens (tertiary/aromatic N) is 1. The van der Waals surface area contributed by atoms with Crippen LogP contribution in [0.4, 0.5) is 4.39 Å². The first kappa shape index (κ1) is 10.7. The highest BCUT2D eigenvalue weighted by Gasteiger charge is 1.98. The summed E-state index contributed by atoms with van der Waals surface area (Å²) in [4.78, 5) is 4.01. The van der Waals surface area contributed by atoms with Crippen LogP contribution >= 0.6 is 0 Å². The summed E-state index contributed by atoms with van der Waals surface area (Å²) in [6, 6.07) is 3.62. The van der Waals surface area contributed by atoms with Crippen LogP contribution < -0.4 is 10.5 Å². The fraction of sp³-hybridized carbons (Fsp3) is 0.300. The van der Waals surface area contributed by atoms with E-state index in [4.69, 9.17) is 10.5 Å². The molecule has 4 heteroatoms. The molecule has 1 heterocycles. The molecule has 14 heavy (non-hydrogen) atoms. The molecule has 0 unspecified atom stereocenters. The average Bonchev–Trinajstić information content (AvgIpc) is 2.22. The molecule has 0 radical (unpaired) electrons. The van der Waals surface area contributed by atoms with Crippen molar-refractivity contribution in [1.82, 2.24) is 4.98 Å². The lowest BCUT2D eigenvalue weighted by molar-refractivity contribution is 0.334. The molecule has 0 atom stereocenters. The van der Waals surface area contributed by atoms with E-state index in [1.807, 2.05) is 13.0 Å². The van der Waals surface area contributed by atoms with E-state index in [1.165, 1.54) is 0 Å². The Balaban J connectivity index is 2.49. The molecule has 1 aromatic rings. The van der Waals surface area contributed by atoms with Crippen molar-refractivity contribution in [3.63, 3.8) is 0 Å². The van der Waals surface area contributed by atoms with Crippen LogP contribution in [0.15, 0.2) is 30.2 Å². The molecule has 76 valence electrons. The molecule has 0 bridgehead atoms. The number of pyridine rings is 1. The molecule has 0 amide bonds. The molecular formula is C10H13FN2O. The highest BCUT2D eigenvalue weighted by molar-refractivity contribution is 5.17. The summed E-state index contributed by atoms with van der Waals surface area (Å²) in [7, 11) is 0. The summed E-state index contributed by atoms with van der Waals surface area (Å²) in [5, 5.41) is 0. The molecule has 0 aliphatic heterocycles. The normalized spacial score (nSPS) is 11.5. The molecule has 0 aromatic carbocycles. The lowest BCUT2D eigenvalue weighted by Crippen LogP contribution is -2.11. The van der Waals surface area contributed by atoms with E-state index in [0.29, 0.717) is 17.8 Å². The summed E-state index contributed by atoms with van der Waals surface area (Å²) in [6.45, 7) is 2.23. The second-order valence-electron chi connectivity index (χ2n) is 2.93. The van der Waals surface area contributed by atoms with Gasteiger partial charge in [-0.2, -0.15) is 0 Å². The molecule has 0 aliphatic rings. The smallest absolute Gasteiger partial charge is 0.213 e. The molecule has 0 saturated carbocycles. The van der Waals surface area contributed by atoms with Gasteiger partial charge in [0, 0.05) is 24.4 Å². The minimum atomic E-state index is 0.142. The first-order valence-corrected chi connectivity index (χ1v) is 4.30. The summed E-state index contributed by atoms with van der Waals surface area (Å²) in [6.07, 6.45) is 2.16. The van der Waals surface area contributed by atoms with Crippen molar-refractivity contribution in [1.29, 1.82) is 0 Å². The van der Waals surface area contributed by atoms with Crippen LogP contribution in [-0.4, -0.2) is 18.1 Å². The number of aromatic nitrogens is 1. The summed E-state index contributed by atoms with van der Waals surface area (Å²) in [5.41, 5.74) is 6.73. The molecule has 1 rings (SSSR count). The fourth-order valence-corrected chi connectivity index (χ4v) is 0.841. The van der Waals surface area contributed by atoms with E-state index in [-0.39, 0.29) is 13.2 Å². The fourth-order valence-electron chi connectivity index (χ4n) is 0.841. The third-order valence-corrected chi connectivity index (χ3v) is 1.71. The largest absolute Gasteiger partial charge is 0.473 e. The monoisotopic (exact) mass is 196 g/mol. The number of hydrogen-bond acceptors (Lipinski definition) is 3. The number of hydrogen-bond donors (Lipinski definition) is 1. The molecule has 2 N–H and O–H groups in total. The molecule has 0 aliphatic carbocycles. The maximum atomic E-state index is 12.1. The molecule has 1 aromatic heterocycles. The Morgan fingerprint density at radius 2 is 2.43 bits per heavy atom. The van der Waals surface area contributed by atoms with E-state index in [9.17, 15) is 4.39 Å². The van der Waals surface area contributed by atoms with E-state index >= 15 is 0 Å². The average molecular weight is 196 g/mol. The van der Waals surface area contributed by atoms with Crippen LogP contribution in [0.3, 0.4) is 0 Å². The predicted molar refractivity (Wildman–Crippen MR) is 52.7 cm³/mol. The second kappa shape index (κ2) is 5.34. The second-order valence-corrected chi connectivity index (χ2v) is 2.93. The van der Waals surface area contributed by atoms with Crippen LogP contribution in [0, 0.1) is 6.92 Å². The van der Waals surface area contributed by atoms with Gasteiger partial charge in [-0.25, -0.2) is 9.37 Å². The van der Waals surface area contributed by atoms with Gasteiger partial charge < -0.3 is 10.5 Å². The Hall–Kier alpha value is -1.42. The lowest BCUT2D eigenvalue weighted by Gasteiger charge is -2.05. The van der Waals surface area contributed by atoms with Crippen molar-refractivity contribution >= 4 is 0 Å². The number of rotatable bonds is 4. The van der Waals surface area contributed by atoms with Gasteiger partial charge in [-0.3, -0.25) is 0 Å². The number of ether oxygens (including phenoxy) is 1. The van der Waals surface area contributed by atoms with E-state index in [1.54, 1.807) is 12.3 Å². The zero-order chi connectivity index (χ0) is 10.4. The molecule has 0 saturated heterocycles. The molecule has 0 fully saturated rings. The van der Waals surface area contributed by atoms with Crippen molar-refractivity contribution in [2.24, 2.45) is 5.73 Å². The standard InChI is InChI=1S/C10H13FN2O/c1-8-2-3-10(13-6-8)14-7-9(4-11)5-12/h2-4,6H,5,7,12H2,1H3/b9-4-. The zero-order valence-corrected chi connectivity index (χ0v) is 8.03. The third kappa shape index (κ3) is 3.14. The zero-order valence-electron chi connectivity index (χ0n) is 8.03. The minimum absolute atomic E-state index is 0.142. The number of aryl methyl sites for hydroxylation is 1. The van der Waals surface area contributed by atoms with Crippen molar-refractivity contribution in [3.05, 3.63) is 35.8 Å². The summed E-state index contributed by atoms with van der Waals surface area (Å²) in [5.74, 6) is 0.475. The van der Waals surface area contributed by atoms with Crippen molar-refractivity contribution in [3.8, 4) is 5.88 Å². The van der Waals surface area contributed by atoms with Gasteiger partial charge in [0.25, 0.3) is 0 Å². The number of nitrogens with two attached hydrogens (primary N) is 1. The SMILES string of the molecule is Cc1ccc(OC/C(=C\F)CN)nc1. The lowest BCUT2D eigenvalue weighted by atomic mass is 10.3. The van der Waals surface area contributed by atoms with Gasteiger partial charge in [0.15, 0.2) is 0 Å². The highest BCUT2D eigenvalue weighted by Crippen LogP contribution is 2.07. The Kier molecular flexibility index (Phi) is 4.07. The van der Waals surface area contributed by atoms with E-state index < -0.39 is 0 Å². The predicted octanol–water partition coefficient (Wildman–Crippen LogP) is 1.58. The highest BCUT2D eigenvalue weighted by atomic mass is 19.1. The molecule has 0 spiro atoms. The number of halogens is 1. The Morgan fingerprint density at radius 3 is 2.93 bits per heavy atom. The van der Waals surface area contributed by atoms with Gasteiger partial charge in [0.1, 0.15) is 6.61 Å². The Labute approximate surface area is 82.4 Å². The molecule has 3 nitrogen and oxygen atoms in total. The van der Waals surface area contributed by atoms with Crippen LogP contribution in [0.2, 0.25) is 0 Å². The third-order valence-electron chi connectivity index (χ3n) is 1.71. The minimum Gasteiger partial charge on any atom is -0.473 e. The molecular weight excluding hydrogens is 183 g/mol. The van der Waals surface area contributed by atoms with Gasteiger partial charge in [-0.05, 0) is 12.5 Å². The van der Waals surface area contributed by atoms with Gasteiger partial charge in [-0.15, -0.1) is 0 Å². The van der Waals surface area contributed by atoms with Crippen molar-refractivity contribution < 1.29 is 9.13 Å². The van der Waals surface area contributed by atoms with Gasteiger partial charge in [-0.1, -0.05) is 6.07 Å². The van der Waals surface area contributed by atoms with Crippen molar-refractivity contribution in [2.75, 3.05) is 13.2 Å². The van der Waals surface area contributed by atoms with E-state index in [2.05, 4.69) is 4.98 Å². The summed E-state index contributed by atoms with van der Waals surface area (Å²) < 4.78 is 17.3. The Morgan fingerprint density at radius 1 is 1.64 bits per heavy atom. The van der Waals surface area contributed by atoms with Gasteiger partial charge in [0.05, 0.1) is 6.33 Å². The van der Waals surface area contributed by atoms with Crippen LogP contribution in [0.1, 0.15) is 5.56 Å². The van der Waals surface area contributed by atoms with Crippen LogP contribution in [0.25, 0.3) is 0 Å². The summed E-state index contributed by atoms with van der Waals surface area (Å²) >= 11 is 0. The quantitative estimate of drug-likeness (QED) is 0.795. The van der Waals surface area contributed by atoms with Gasteiger partial charge >= 0.3 is 0 Å². The van der Waals surface area contributed by atoms with Crippen molar-refractivity contribution in [2.45, 2.75) is 6.92 Å². The van der Waals surface area contributed by atoms with Gasteiger partial charge in [0.2, 0.25) is 5.88 Å². The Bertz CT molecular complexity index is 308. The maximum absolute atomic E-state index is 12.1. The first-order valence-electron chi connectivity index (χ1n) is 4.30. The first-order chi connectivity index (χ1) is 6.76. The maximum Gasteiger partial charge on any atom is 0.213 e. The topological polar surface area (TPSA) is 48.1 Å². The van der Waals surface area contributed by atoms with Crippen LogP contribution in [0.5, 0.6) is 5.88 Å². The van der Waals surface area contributed by atoms with Crippen LogP contribution in [-0.2, 0) is 0 Å². The van der Waals surface area contributed by atoms with E-state index in [0.717, 1.165) is 5.56 Å².